The van der Waals surface area contributed by atoms with Crippen molar-refractivity contribution in [1.82, 2.24) is 10.3 Å². The lowest BCUT2D eigenvalue weighted by Gasteiger charge is -2.30. The second-order valence-corrected chi connectivity index (χ2v) is 8.42. The minimum absolute atomic E-state index is 0.126. The maximum absolute atomic E-state index is 12.6. The third-order valence-corrected chi connectivity index (χ3v) is 6.62. The summed E-state index contributed by atoms with van der Waals surface area (Å²) in [5, 5.41) is 4.29. The Morgan fingerprint density at radius 3 is 2.85 bits per heavy atom. The van der Waals surface area contributed by atoms with Crippen molar-refractivity contribution in [3.63, 3.8) is 0 Å². The summed E-state index contributed by atoms with van der Waals surface area (Å²) in [5.74, 6) is 0.126. The van der Waals surface area contributed by atoms with Crippen LogP contribution in [0.2, 0.25) is 0 Å². The Kier molecular flexibility index (Phi) is 5.50. The van der Waals surface area contributed by atoms with Crippen LogP contribution in [0.3, 0.4) is 0 Å². The fraction of sp³-hybridized carbons (Fsp3) is 0.364. The van der Waals surface area contributed by atoms with E-state index in [2.05, 4.69) is 42.6 Å². The predicted molar refractivity (Wildman–Crippen MR) is 110 cm³/mol. The molecule has 5 heteroatoms. The van der Waals surface area contributed by atoms with E-state index < -0.39 is 0 Å². The number of nitrogens with one attached hydrogen (secondary N) is 2. The first-order valence-electron chi connectivity index (χ1n) is 9.72. The number of carbonyl (C=O) groups is 1. The summed E-state index contributed by atoms with van der Waals surface area (Å²) in [7, 11) is 0. The maximum Gasteiger partial charge on any atom is 0.275 e. The van der Waals surface area contributed by atoms with Gasteiger partial charge in [-0.15, -0.1) is 11.3 Å². The Hall–Kier alpha value is -2.24. The maximum atomic E-state index is 12.6. The van der Waals surface area contributed by atoms with Gasteiger partial charge < -0.3 is 10.2 Å². The Bertz CT molecular complexity index is 903. The van der Waals surface area contributed by atoms with Crippen molar-refractivity contribution in [2.24, 2.45) is 0 Å². The molecular weight excluding hydrogens is 354 g/mol. The number of benzene rings is 2. The summed E-state index contributed by atoms with van der Waals surface area (Å²) in [6.45, 7) is 4.25. The molecule has 0 radical (unpaired) electrons. The summed E-state index contributed by atoms with van der Waals surface area (Å²) in [6.07, 6.45) is 3.51. The molecule has 2 N–H and O–H groups in total. The first-order chi connectivity index (χ1) is 13.2. The molecule has 140 valence electrons. The minimum atomic E-state index is 0.126. The Labute approximate surface area is 164 Å². The van der Waals surface area contributed by atoms with Gasteiger partial charge >= 0.3 is 0 Å². The number of hydrogen-bond donors (Lipinski definition) is 2. The van der Waals surface area contributed by atoms with Gasteiger partial charge in [0.25, 0.3) is 5.91 Å². The molecule has 1 aliphatic rings. The Morgan fingerprint density at radius 2 is 2.00 bits per heavy atom. The molecule has 1 amide bonds. The average Bonchev–Trinajstić information content (AvgIpc) is 3.12. The highest BCUT2D eigenvalue weighted by atomic mass is 32.1. The quantitative estimate of drug-likeness (QED) is 0.715. The second-order valence-electron chi connectivity index (χ2n) is 7.36. The van der Waals surface area contributed by atoms with Gasteiger partial charge in [0.2, 0.25) is 0 Å². The van der Waals surface area contributed by atoms with Crippen LogP contribution in [0.1, 0.15) is 41.4 Å². The van der Waals surface area contributed by atoms with Gasteiger partial charge in [-0.25, -0.2) is 4.98 Å². The van der Waals surface area contributed by atoms with Crippen LogP contribution in [0.4, 0.5) is 0 Å². The first-order valence-corrected chi connectivity index (χ1v) is 10.5. The van der Waals surface area contributed by atoms with Gasteiger partial charge in [0.15, 0.2) is 11.6 Å². The van der Waals surface area contributed by atoms with E-state index in [1.807, 2.05) is 18.2 Å². The lowest BCUT2D eigenvalue weighted by atomic mass is 10.0. The van der Waals surface area contributed by atoms with E-state index >= 15 is 0 Å². The molecule has 4 nitrogen and oxygen atoms in total. The number of thiazole rings is 1. The van der Waals surface area contributed by atoms with Gasteiger partial charge in [0.05, 0.1) is 16.8 Å². The molecule has 3 aromatic rings. The van der Waals surface area contributed by atoms with Crippen molar-refractivity contribution in [2.45, 2.75) is 38.8 Å². The van der Waals surface area contributed by atoms with Crippen molar-refractivity contribution in [3.05, 3.63) is 64.7 Å². The topological polar surface area (TPSA) is 46.4 Å². The van der Waals surface area contributed by atoms with Gasteiger partial charge in [-0.05, 0) is 43.0 Å². The Balaban J connectivity index is 1.43. The number of aryl methyl sites for hydroxylation is 1. The molecule has 27 heavy (non-hydrogen) atoms. The van der Waals surface area contributed by atoms with E-state index in [-0.39, 0.29) is 5.91 Å². The number of carbonyl (C=O) groups excluding carboxylic acids is 1. The highest BCUT2D eigenvalue weighted by molar-refractivity contribution is 7.18. The number of fused-ring (bicyclic) bond motifs is 1. The van der Waals surface area contributed by atoms with Crippen molar-refractivity contribution >= 4 is 27.5 Å². The largest absolute Gasteiger partial charge is 0.347 e. The third kappa shape index (κ3) is 4.20. The van der Waals surface area contributed by atoms with Crippen LogP contribution in [0, 0.1) is 6.92 Å². The van der Waals surface area contributed by atoms with Gasteiger partial charge in [0, 0.05) is 13.0 Å². The Morgan fingerprint density at radius 1 is 1.19 bits per heavy atom. The van der Waals surface area contributed by atoms with Crippen molar-refractivity contribution in [3.8, 4) is 0 Å². The van der Waals surface area contributed by atoms with Crippen LogP contribution in [-0.4, -0.2) is 24.0 Å². The number of likely N-dealkylation sites (tertiary alicyclic amines) is 1. The zero-order valence-electron chi connectivity index (χ0n) is 15.7. The summed E-state index contributed by atoms with van der Waals surface area (Å²) in [5.41, 5.74) is 3.48. The van der Waals surface area contributed by atoms with E-state index in [0.717, 1.165) is 18.5 Å². The molecule has 0 saturated carbocycles. The van der Waals surface area contributed by atoms with Crippen LogP contribution < -0.4 is 10.2 Å². The van der Waals surface area contributed by atoms with Crippen LogP contribution in [0.15, 0.2) is 48.5 Å². The molecule has 1 fully saturated rings. The number of aromatic nitrogens is 1. The fourth-order valence-corrected chi connectivity index (χ4v) is 5.06. The number of para-hydroxylation sites is 1. The van der Waals surface area contributed by atoms with Crippen molar-refractivity contribution in [1.29, 1.82) is 0 Å². The van der Waals surface area contributed by atoms with Crippen LogP contribution in [-0.2, 0) is 11.3 Å². The first kappa shape index (κ1) is 18.1. The predicted octanol–water partition coefficient (Wildman–Crippen LogP) is 3.03. The minimum Gasteiger partial charge on any atom is -0.347 e. The SMILES string of the molecule is Cc1ccccc1CNC(=O)C[NH+]1CCCC[C@@H]1c1nc2ccccc2s1. The van der Waals surface area contributed by atoms with Crippen LogP contribution >= 0.6 is 11.3 Å². The van der Waals surface area contributed by atoms with E-state index in [1.54, 1.807) is 11.3 Å². The van der Waals surface area contributed by atoms with E-state index in [4.69, 9.17) is 4.98 Å². The van der Waals surface area contributed by atoms with E-state index in [1.165, 1.54) is 38.6 Å². The molecule has 1 aromatic heterocycles. The monoisotopic (exact) mass is 380 g/mol. The number of rotatable bonds is 5. The zero-order chi connectivity index (χ0) is 18.6. The van der Waals surface area contributed by atoms with Gasteiger partial charge in [0.1, 0.15) is 6.04 Å². The zero-order valence-corrected chi connectivity index (χ0v) is 16.5. The molecule has 2 heterocycles. The number of piperidine rings is 1. The molecule has 2 aromatic carbocycles. The summed E-state index contributed by atoms with van der Waals surface area (Å²) in [4.78, 5) is 18.8. The molecular formula is C22H26N3OS+. The summed E-state index contributed by atoms with van der Waals surface area (Å²) in [6, 6.07) is 16.9. The third-order valence-electron chi connectivity index (χ3n) is 5.47. The molecule has 1 unspecified atom stereocenters. The lowest BCUT2D eigenvalue weighted by Crippen LogP contribution is -3.14. The van der Waals surface area contributed by atoms with Gasteiger partial charge in [-0.1, -0.05) is 36.4 Å². The molecule has 0 aliphatic carbocycles. The van der Waals surface area contributed by atoms with E-state index in [0.29, 0.717) is 19.1 Å². The molecule has 1 saturated heterocycles. The molecule has 1 aliphatic heterocycles. The lowest BCUT2D eigenvalue weighted by molar-refractivity contribution is -0.929. The van der Waals surface area contributed by atoms with Crippen LogP contribution in [0.5, 0.6) is 0 Å². The number of quaternary nitrogens is 1. The number of hydrogen-bond acceptors (Lipinski definition) is 3. The molecule has 4 rings (SSSR count). The summed E-state index contributed by atoms with van der Waals surface area (Å²) < 4.78 is 1.24. The van der Waals surface area contributed by atoms with Crippen molar-refractivity contribution < 1.29 is 9.69 Å². The van der Waals surface area contributed by atoms with Crippen molar-refractivity contribution in [2.75, 3.05) is 13.1 Å². The highest BCUT2D eigenvalue weighted by Gasteiger charge is 2.31. The second kappa shape index (κ2) is 8.19. The molecule has 0 spiro atoms. The highest BCUT2D eigenvalue weighted by Crippen LogP contribution is 2.28. The molecule has 0 bridgehead atoms. The smallest absolute Gasteiger partial charge is 0.275 e. The molecule has 2 atom stereocenters. The number of amides is 1. The number of nitrogens with zero attached hydrogens (tertiary/aromatic N) is 1. The standard InChI is InChI=1S/C22H25N3OS/c1-16-8-2-3-9-17(16)14-23-21(26)15-25-13-7-6-11-19(25)22-24-18-10-4-5-12-20(18)27-22/h2-5,8-10,12,19H,6-7,11,13-15H2,1H3,(H,23,26)/p+1/t19-/m1/s1. The summed E-state index contributed by atoms with van der Waals surface area (Å²) >= 11 is 1.78. The normalized spacial score (nSPS) is 19.9. The van der Waals surface area contributed by atoms with Gasteiger partial charge in [-0.3, -0.25) is 4.79 Å². The van der Waals surface area contributed by atoms with Gasteiger partial charge in [-0.2, -0.15) is 0 Å². The van der Waals surface area contributed by atoms with Crippen LogP contribution in [0.25, 0.3) is 10.2 Å². The fourth-order valence-electron chi connectivity index (χ4n) is 3.90. The average molecular weight is 381 g/mol. The van der Waals surface area contributed by atoms with E-state index in [9.17, 15) is 4.79 Å².